The van der Waals surface area contributed by atoms with Crippen molar-refractivity contribution in [3.05, 3.63) is 29.3 Å². The molecule has 0 heterocycles. The Morgan fingerprint density at radius 2 is 2.14 bits per heavy atom. The van der Waals surface area contributed by atoms with Gasteiger partial charge in [0.05, 0.1) is 7.11 Å². The van der Waals surface area contributed by atoms with E-state index in [2.05, 4.69) is 24.8 Å². The molecule has 0 amide bonds. The molecule has 0 atom stereocenters. The molecule has 0 aliphatic heterocycles. The van der Waals surface area contributed by atoms with Gasteiger partial charge in [-0.25, -0.2) is 0 Å². The van der Waals surface area contributed by atoms with Crippen molar-refractivity contribution in [3.63, 3.8) is 0 Å². The summed E-state index contributed by atoms with van der Waals surface area (Å²) in [5, 5.41) is 0. The van der Waals surface area contributed by atoms with Crippen LogP contribution < -0.4 is 4.74 Å². The summed E-state index contributed by atoms with van der Waals surface area (Å²) >= 11 is 0. The molecule has 0 aliphatic carbocycles. The minimum atomic E-state index is 0.901. The molecule has 1 heteroatoms. The summed E-state index contributed by atoms with van der Waals surface area (Å²) < 4.78 is 5.31. The van der Waals surface area contributed by atoms with Crippen LogP contribution in [0.4, 0.5) is 0 Å². The second-order valence-electron chi connectivity index (χ2n) is 3.18. The standard InChI is InChI=1S/C13H16O/c1-4-5-6-9-12-11(2)8-7-10-13(12)14-3/h7-8,10H,6,9H2,1-3H3. The first-order valence-electron chi connectivity index (χ1n) is 4.81. The Morgan fingerprint density at radius 1 is 1.36 bits per heavy atom. The second-order valence-corrected chi connectivity index (χ2v) is 3.18. The molecule has 0 N–H and O–H groups in total. The Labute approximate surface area is 86.1 Å². The normalized spacial score (nSPS) is 9.07. The van der Waals surface area contributed by atoms with Crippen LogP contribution in [0.15, 0.2) is 18.2 Å². The molecule has 0 saturated carbocycles. The van der Waals surface area contributed by atoms with Gasteiger partial charge in [0.2, 0.25) is 0 Å². The average molecular weight is 188 g/mol. The Balaban J connectivity index is 2.85. The third-order valence-electron chi connectivity index (χ3n) is 2.26. The molecule has 0 aliphatic rings. The molecule has 0 saturated heterocycles. The van der Waals surface area contributed by atoms with Crippen LogP contribution in [0.25, 0.3) is 0 Å². The highest BCUT2D eigenvalue weighted by Crippen LogP contribution is 2.22. The van der Waals surface area contributed by atoms with Gasteiger partial charge in [-0.1, -0.05) is 12.1 Å². The SMILES string of the molecule is CC#CCCc1c(C)cccc1OC. The van der Waals surface area contributed by atoms with Crippen molar-refractivity contribution < 1.29 is 4.74 Å². The van der Waals surface area contributed by atoms with Gasteiger partial charge in [-0.2, -0.15) is 0 Å². The molecule has 14 heavy (non-hydrogen) atoms. The van der Waals surface area contributed by atoms with Gasteiger partial charge in [-0.3, -0.25) is 0 Å². The number of ether oxygens (including phenoxy) is 1. The van der Waals surface area contributed by atoms with Crippen molar-refractivity contribution >= 4 is 0 Å². The Hall–Kier alpha value is -1.42. The minimum absolute atomic E-state index is 0.901. The lowest BCUT2D eigenvalue weighted by Crippen LogP contribution is -1.94. The van der Waals surface area contributed by atoms with Crippen LogP contribution in [-0.4, -0.2) is 7.11 Å². The summed E-state index contributed by atoms with van der Waals surface area (Å²) in [6.07, 6.45) is 1.87. The first kappa shape index (κ1) is 10.7. The van der Waals surface area contributed by atoms with Crippen LogP contribution in [0.3, 0.4) is 0 Å². The van der Waals surface area contributed by atoms with Gasteiger partial charge in [0.15, 0.2) is 0 Å². The Morgan fingerprint density at radius 3 is 2.79 bits per heavy atom. The van der Waals surface area contributed by atoms with Crippen LogP contribution in [-0.2, 0) is 6.42 Å². The van der Waals surface area contributed by atoms with E-state index >= 15 is 0 Å². The van der Waals surface area contributed by atoms with Crippen molar-refractivity contribution in [2.45, 2.75) is 26.7 Å². The van der Waals surface area contributed by atoms with E-state index in [1.807, 2.05) is 19.1 Å². The van der Waals surface area contributed by atoms with Crippen molar-refractivity contribution in [1.82, 2.24) is 0 Å². The highest BCUT2D eigenvalue weighted by molar-refractivity contribution is 5.39. The number of benzene rings is 1. The van der Waals surface area contributed by atoms with Crippen molar-refractivity contribution in [1.29, 1.82) is 0 Å². The molecule has 1 rings (SSSR count). The lowest BCUT2D eigenvalue weighted by Gasteiger charge is -2.09. The molecule has 0 unspecified atom stereocenters. The number of hydrogen-bond acceptors (Lipinski definition) is 1. The van der Waals surface area contributed by atoms with Gasteiger partial charge >= 0.3 is 0 Å². The summed E-state index contributed by atoms with van der Waals surface area (Å²) in [6.45, 7) is 3.98. The number of aryl methyl sites for hydroxylation is 1. The highest BCUT2D eigenvalue weighted by Gasteiger charge is 2.04. The van der Waals surface area contributed by atoms with Gasteiger partial charge in [-0.05, 0) is 37.5 Å². The fourth-order valence-corrected chi connectivity index (χ4v) is 1.50. The van der Waals surface area contributed by atoms with Crippen LogP contribution in [0.5, 0.6) is 5.75 Å². The van der Waals surface area contributed by atoms with Crippen LogP contribution in [0.1, 0.15) is 24.5 Å². The van der Waals surface area contributed by atoms with E-state index in [9.17, 15) is 0 Å². The summed E-state index contributed by atoms with van der Waals surface area (Å²) in [6, 6.07) is 6.13. The van der Waals surface area contributed by atoms with Crippen molar-refractivity contribution in [2.75, 3.05) is 7.11 Å². The Kier molecular flexibility index (Phi) is 4.07. The minimum Gasteiger partial charge on any atom is -0.496 e. The van der Waals surface area contributed by atoms with Crippen LogP contribution in [0.2, 0.25) is 0 Å². The van der Waals surface area contributed by atoms with Crippen molar-refractivity contribution in [3.8, 4) is 17.6 Å². The molecule has 0 radical (unpaired) electrons. The van der Waals surface area contributed by atoms with Gasteiger partial charge in [0.25, 0.3) is 0 Å². The quantitative estimate of drug-likeness (QED) is 0.663. The lowest BCUT2D eigenvalue weighted by molar-refractivity contribution is 0.409. The molecule has 1 nitrogen and oxygen atoms in total. The Bertz CT molecular complexity index is 355. The molecule has 0 fully saturated rings. The first-order chi connectivity index (χ1) is 6.79. The van der Waals surface area contributed by atoms with E-state index < -0.39 is 0 Å². The third kappa shape index (κ3) is 2.53. The van der Waals surface area contributed by atoms with E-state index in [-0.39, 0.29) is 0 Å². The predicted octanol–water partition coefficient (Wildman–Crippen LogP) is 2.96. The maximum Gasteiger partial charge on any atom is 0.122 e. The zero-order chi connectivity index (χ0) is 10.4. The van der Waals surface area contributed by atoms with Gasteiger partial charge in [0.1, 0.15) is 5.75 Å². The van der Waals surface area contributed by atoms with E-state index in [0.717, 1.165) is 18.6 Å². The predicted molar refractivity (Wildman–Crippen MR) is 59.5 cm³/mol. The number of hydrogen-bond donors (Lipinski definition) is 0. The van der Waals surface area contributed by atoms with E-state index in [1.165, 1.54) is 11.1 Å². The fourth-order valence-electron chi connectivity index (χ4n) is 1.50. The zero-order valence-corrected chi connectivity index (χ0v) is 9.05. The zero-order valence-electron chi connectivity index (χ0n) is 9.05. The fraction of sp³-hybridized carbons (Fsp3) is 0.385. The molecule has 1 aromatic rings. The molecule has 0 aromatic heterocycles. The number of rotatable bonds is 3. The molecular formula is C13H16O. The molecule has 0 bridgehead atoms. The van der Waals surface area contributed by atoms with E-state index in [4.69, 9.17) is 4.74 Å². The van der Waals surface area contributed by atoms with Gasteiger partial charge in [0, 0.05) is 6.42 Å². The monoisotopic (exact) mass is 188 g/mol. The molecule has 74 valence electrons. The maximum atomic E-state index is 5.31. The second kappa shape index (κ2) is 5.34. The largest absolute Gasteiger partial charge is 0.496 e. The first-order valence-corrected chi connectivity index (χ1v) is 4.81. The molecule has 0 spiro atoms. The smallest absolute Gasteiger partial charge is 0.122 e. The third-order valence-corrected chi connectivity index (χ3v) is 2.26. The van der Waals surface area contributed by atoms with Crippen LogP contribution in [0, 0.1) is 18.8 Å². The summed E-state index contributed by atoms with van der Waals surface area (Å²) in [5.41, 5.74) is 2.56. The van der Waals surface area contributed by atoms with Gasteiger partial charge in [-0.15, -0.1) is 11.8 Å². The maximum absolute atomic E-state index is 5.31. The van der Waals surface area contributed by atoms with Crippen LogP contribution >= 0.6 is 0 Å². The average Bonchev–Trinajstić information content (AvgIpc) is 2.20. The topological polar surface area (TPSA) is 9.23 Å². The molecular weight excluding hydrogens is 172 g/mol. The van der Waals surface area contributed by atoms with E-state index in [0.29, 0.717) is 0 Å². The lowest BCUT2D eigenvalue weighted by atomic mass is 10.0. The summed E-state index contributed by atoms with van der Waals surface area (Å²) in [4.78, 5) is 0. The van der Waals surface area contributed by atoms with Crippen molar-refractivity contribution in [2.24, 2.45) is 0 Å². The summed E-state index contributed by atoms with van der Waals surface area (Å²) in [7, 11) is 1.71. The summed E-state index contributed by atoms with van der Waals surface area (Å²) in [5.74, 6) is 6.95. The van der Waals surface area contributed by atoms with Gasteiger partial charge < -0.3 is 4.74 Å². The van der Waals surface area contributed by atoms with E-state index in [1.54, 1.807) is 7.11 Å². The molecule has 1 aromatic carbocycles. The number of methoxy groups -OCH3 is 1. The highest BCUT2D eigenvalue weighted by atomic mass is 16.5.